The van der Waals surface area contributed by atoms with E-state index in [4.69, 9.17) is 9.47 Å². The number of hydrogen-bond donors (Lipinski definition) is 3. The van der Waals surface area contributed by atoms with E-state index in [1.807, 2.05) is 13.8 Å². The first-order valence-corrected chi connectivity index (χ1v) is 18.5. The van der Waals surface area contributed by atoms with Crippen LogP contribution in [0, 0.1) is 5.92 Å². The Balaban J connectivity index is 1.60. The average Bonchev–Trinajstić information content (AvgIpc) is 3.62. The number of halogens is 3. The number of aliphatic hydroxyl groups excluding tert-OH is 1. The van der Waals surface area contributed by atoms with Crippen molar-refractivity contribution in [2.75, 3.05) is 44.0 Å². The van der Waals surface area contributed by atoms with Gasteiger partial charge in [0.1, 0.15) is 9.96 Å². The van der Waals surface area contributed by atoms with Gasteiger partial charge in [0.05, 0.1) is 36.0 Å². The van der Waals surface area contributed by atoms with E-state index in [1.54, 1.807) is 36.6 Å². The maximum atomic E-state index is 14.3. The van der Waals surface area contributed by atoms with Crippen LogP contribution in [0.15, 0.2) is 64.2 Å². The van der Waals surface area contributed by atoms with Crippen molar-refractivity contribution in [2.24, 2.45) is 5.92 Å². The fraction of sp³-hybridized carbons (Fsp3) is 0.471. The molecular weight excluding hydrogens is 698 g/mol. The minimum atomic E-state index is -4.52. The first-order valence-electron chi connectivity index (χ1n) is 16.2. The third kappa shape index (κ3) is 10.2. The molecule has 0 bridgehead atoms. The molecule has 0 unspecified atom stereocenters. The lowest BCUT2D eigenvalue weighted by Crippen LogP contribution is -2.48. The molecule has 1 aliphatic heterocycles. The number of benzene rings is 2. The number of amides is 3. The molecule has 0 saturated carbocycles. The van der Waals surface area contributed by atoms with Crippen LogP contribution in [-0.2, 0) is 20.9 Å². The maximum Gasteiger partial charge on any atom is 0.416 e. The highest BCUT2D eigenvalue weighted by atomic mass is 32.2. The SMILES string of the molecule is C[C@@H]1CCCCO[C@H](CN(C)S(=O)(=O)c2cccs2)[C@@H](C)CN([C@H](C)CO)C(=O)c2cc(NC(=O)Nc3ccc(C(F)(F)F)cc3)ccc2O1. The van der Waals surface area contributed by atoms with Crippen LogP contribution in [0.5, 0.6) is 5.75 Å². The zero-order valence-corrected chi connectivity index (χ0v) is 29.9. The molecule has 0 saturated heterocycles. The lowest BCUT2D eigenvalue weighted by Gasteiger charge is -2.35. The first kappa shape index (κ1) is 39.1. The van der Waals surface area contributed by atoms with Crippen LogP contribution in [0.2, 0.25) is 0 Å². The van der Waals surface area contributed by atoms with E-state index < -0.39 is 45.8 Å². The number of fused-ring (bicyclic) bond motifs is 1. The second-order valence-corrected chi connectivity index (χ2v) is 15.6. The number of nitrogens with zero attached hydrogens (tertiary/aromatic N) is 2. The number of nitrogens with one attached hydrogen (secondary N) is 2. The zero-order valence-electron chi connectivity index (χ0n) is 28.3. The maximum absolute atomic E-state index is 14.3. The molecule has 3 amide bonds. The molecule has 3 N–H and O–H groups in total. The number of urea groups is 1. The summed E-state index contributed by atoms with van der Waals surface area (Å²) < 4.78 is 79.2. The first-order chi connectivity index (χ1) is 23.6. The van der Waals surface area contributed by atoms with E-state index in [0.29, 0.717) is 19.4 Å². The Morgan fingerprint density at radius 1 is 1.10 bits per heavy atom. The van der Waals surface area contributed by atoms with Gasteiger partial charge in [0, 0.05) is 44.0 Å². The number of aliphatic hydroxyl groups is 1. The fourth-order valence-electron chi connectivity index (χ4n) is 5.41. The lowest BCUT2D eigenvalue weighted by atomic mass is 10.0. The van der Waals surface area contributed by atoms with Crippen molar-refractivity contribution in [3.8, 4) is 5.75 Å². The summed E-state index contributed by atoms with van der Waals surface area (Å²) >= 11 is 1.12. The van der Waals surface area contributed by atoms with E-state index in [2.05, 4.69) is 10.6 Å². The molecule has 4 atom stereocenters. The van der Waals surface area contributed by atoms with Gasteiger partial charge < -0.3 is 30.1 Å². The Labute approximate surface area is 294 Å². The molecule has 1 aromatic heterocycles. The Kier molecular flexibility index (Phi) is 13.3. The van der Waals surface area contributed by atoms with Crippen molar-refractivity contribution in [2.45, 2.75) is 68.7 Å². The summed E-state index contributed by atoms with van der Waals surface area (Å²) in [5.74, 6) is -0.607. The number of rotatable bonds is 8. The van der Waals surface area contributed by atoms with Crippen molar-refractivity contribution in [3.05, 3.63) is 71.1 Å². The molecule has 3 aromatic rings. The minimum Gasteiger partial charge on any atom is -0.490 e. The third-order valence-electron chi connectivity index (χ3n) is 8.38. The normalized spacial score (nSPS) is 20.4. The minimum absolute atomic E-state index is 0.0369. The van der Waals surface area contributed by atoms with Crippen LogP contribution in [0.1, 0.15) is 56.0 Å². The van der Waals surface area contributed by atoms with E-state index in [1.165, 1.54) is 22.3 Å². The van der Waals surface area contributed by atoms with Crippen LogP contribution < -0.4 is 15.4 Å². The van der Waals surface area contributed by atoms with Gasteiger partial charge in [-0.25, -0.2) is 13.2 Å². The summed E-state index contributed by atoms with van der Waals surface area (Å²) in [6.45, 7) is 5.55. The summed E-state index contributed by atoms with van der Waals surface area (Å²) in [4.78, 5) is 28.6. The second-order valence-electron chi connectivity index (χ2n) is 12.4. The lowest BCUT2D eigenvalue weighted by molar-refractivity contribution is -0.137. The summed E-state index contributed by atoms with van der Waals surface area (Å²) in [5, 5.41) is 17.0. The van der Waals surface area contributed by atoms with Gasteiger partial charge in [-0.2, -0.15) is 17.5 Å². The quantitative estimate of drug-likeness (QED) is 0.239. The molecule has 11 nitrogen and oxygen atoms in total. The predicted octanol–water partition coefficient (Wildman–Crippen LogP) is 6.53. The number of likely N-dealkylation sites (N-methyl/N-ethyl adjacent to an activating group) is 1. The molecule has 0 spiro atoms. The number of alkyl halides is 3. The molecule has 0 fully saturated rings. The molecule has 2 aromatic carbocycles. The third-order valence-corrected chi connectivity index (χ3v) is 11.6. The largest absolute Gasteiger partial charge is 0.490 e. The molecule has 1 aliphatic rings. The van der Waals surface area contributed by atoms with Crippen molar-refractivity contribution >= 4 is 44.7 Å². The molecule has 4 rings (SSSR count). The van der Waals surface area contributed by atoms with Crippen LogP contribution in [0.25, 0.3) is 0 Å². The fourth-order valence-corrected chi connectivity index (χ4v) is 7.80. The van der Waals surface area contributed by atoms with E-state index in [-0.39, 0.29) is 58.6 Å². The number of hydrogen-bond acceptors (Lipinski definition) is 8. The molecule has 274 valence electrons. The summed E-state index contributed by atoms with van der Waals surface area (Å²) in [6.07, 6.45) is -3.34. The average molecular weight is 741 g/mol. The Morgan fingerprint density at radius 2 is 1.78 bits per heavy atom. The van der Waals surface area contributed by atoms with Crippen LogP contribution in [-0.4, -0.2) is 86.3 Å². The number of thiophene rings is 1. The number of carbonyl (C=O) groups excluding carboxylic acids is 2. The Bertz CT molecular complexity index is 1690. The summed E-state index contributed by atoms with van der Waals surface area (Å²) in [7, 11) is -2.27. The summed E-state index contributed by atoms with van der Waals surface area (Å²) in [6, 6.07) is 10.3. The van der Waals surface area contributed by atoms with E-state index in [0.717, 1.165) is 42.0 Å². The van der Waals surface area contributed by atoms with E-state index >= 15 is 0 Å². The van der Waals surface area contributed by atoms with Crippen molar-refractivity contribution in [1.82, 2.24) is 9.21 Å². The highest BCUT2D eigenvalue weighted by molar-refractivity contribution is 7.91. The highest BCUT2D eigenvalue weighted by Crippen LogP contribution is 2.31. The smallest absolute Gasteiger partial charge is 0.416 e. The van der Waals surface area contributed by atoms with Gasteiger partial charge in [-0.1, -0.05) is 13.0 Å². The molecular formula is C34H43F3N4O7S2. The van der Waals surface area contributed by atoms with Gasteiger partial charge in [-0.15, -0.1) is 11.3 Å². The number of sulfonamides is 1. The number of carbonyl (C=O) groups is 2. The summed E-state index contributed by atoms with van der Waals surface area (Å²) in [5.41, 5.74) is -0.398. The van der Waals surface area contributed by atoms with Crippen LogP contribution >= 0.6 is 11.3 Å². The molecule has 16 heteroatoms. The van der Waals surface area contributed by atoms with Gasteiger partial charge in [0.2, 0.25) is 0 Å². The van der Waals surface area contributed by atoms with Crippen molar-refractivity contribution < 1.29 is 45.8 Å². The van der Waals surface area contributed by atoms with Crippen molar-refractivity contribution in [3.63, 3.8) is 0 Å². The monoisotopic (exact) mass is 740 g/mol. The molecule has 50 heavy (non-hydrogen) atoms. The van der Waals surface area contributed by atoms with Crippen LogP contribution in [0.4, 0.5) is 29.3 Å². The molecule has 2 heterocycles. The molecule has 0 radical (unpaired) electrons. The van der Waals surface area contributed by atoms with Gasteiger partial charge in [0.15, 0.2) is 0 Å². The van der Waals surface area contributed by atoms with Gasteiger partial charge in [-0.05, 0) is 87.0 Å². The van der Waals surface area contributed by atoms with Gasteiger partial charge in [0.25, 0.3) is 15.9 Å². The van der Waals surface area contributed by atoms with Gasteiger partial charge >= 0.3 is 12.2 Å². The standard InChI is InChI=1S/C34H43F3N4O7S2/c1-22-19-41(23(2)21-42)32(43)28-18-27(39-33(44)38-26-12-10-25(11-13-26)34(35,36)37)14-15-29(28)48-24(3)8-5-6-16-47-30(22)20-40(4)50(45,46)31-9-7-17-49-31/h7,9-15,17-18,22-24,30,42H,5-6,8,16,19-21H2,1-4H3,(H2,38,39,44)/t22-,23+,24+,30+/m0/s1. The molecule has 0 aliphatic carbocycles. The Hall–Kier alpha value is -3.70. The topological polar surface area (TPSA) is 138 Å². The van der Waals surface area contributed by atoms with Crippen LogP contribution in [0.3, 0.4) is 0 Å². The zero-order chi connectivity index (χ0) is 36.6. The number of ether oxygens (including phenoxy) is 2. The highest BCUT2D eigenvalue weighted by Gasteiger charge is 2.33. The van der Waals surface area contributed by atoms with E-state index in [9.17, 15) is 36.3 Å². The predicted molar refractivity (Wildman–Crippen MR) is 185 cm³/mol. The van der Waals surface area contributed by atoms with Gasteiger partial charge in [-0.3, -0.25) is 4.79 Å². The second kappa shape index (κ2) is 17.0. The Morgan fingerprint density at radius 3 is 2.42 bits per heavy atom. The van der Waals surface area contributed by atoms with Crippen molar-refractivity contribution in [1.29, 1.82) is 0 Å². The number of anilines is 2.